The lowest BCUT2D eigenvalue weighted by atomic mass is 9.91. The van der Waals surface area contributed by atoms with Crippen LogP contribution < -0.4 is 5.73 Å². The number of carbonyl (C=O) groups excluding carboxylic acids is 1. The first kappa shape index (κ1) is 15.9. The minimum absolute atomic E-state index is 0.295. The number of carboxylic acids is 1. The standard InChI is InChI=1S/C14H20N2O4S/c1-14(2,3)20-13(19)9-6-16(11(9)15)10(12(17)18)8-4-5-21-7-8/h4-5,7,9-11H,6,15H2,1-3H3,(H,17,18). The molecule has 0 aliphatic carbocycles. The van der Waals surface area contributed by atoms with Crippen LogP contribution in [0.1, 0.15) is 32.4 Å². The van der Waals surface area contributed by atoms with Gasteiger partial charge in [-0.2, -0.15) is 11.3 Å². The van der Waals surface area contributed by atoms with Gasteiger partial charge in [-0.15, -0.1) is 0 Å². The molecule has 0 spiro atoms. The third-order valence-corrected chi connectivity index (χ3v) is 4.04. The lowest BCUT2D eigenvalue weighted by molar-refractivity contribution is -0.176. The second-order valence-corrected chi connectivity index (χ2v) is 6.90. The van der Waals surface area contributed by atoms with Crippen molar-refractivity contribution in [3.63, 3.8) is 0 Å². The van der Waals surface area contributed by atoms with Crippen LogP contribution in [0.15, 0.2) is 16.8 Å². The van der Waals surface area contributed by atoms with Gasteiger partial charge in [0.1, 0.15) is 11.6 Å². The smallest absolute Gasteiger partial charge is 0.325 e. The van der Waals surface area contributed by atoms with E-state index in [1.807, 2.05) is 5.38 Å². The summed E-state index contributed by atoms with van der Waals surface area (Å²) in [6.45, 7) is 5.66. The van der Waals surface area contributed by atoms with Gasteiger partial charge in [-0.25, -0.2) is 0 Å². The van der Waals surface area contributed by atoms with E-state index in [0.717, 1.165) is 0 Å². The third-order valence-electron chi connectivity index (χ3n) is 3.34. The summed E-state index contributed by atoms with van der Waals surface area (Å²) in [7, 11) is 0. The highest BCUT2D eigenvalue weighted by Gasteiger charge is 2.48. The number of thiophene rings is 1. The molecule has 1 fully saturated rings. The van der Waals surface area contributed by atoms with Crippen LogP contribution in [0.3, 0.4) is 0 Å². The molecule has 1 aromatic heterocycles. The molecule has 2 rings (SSSR count). The van der Waals surface area contributed by atoms with Crippen molar-refractivity contribution in [3.05, 3.63) is 22.4 Å². The number of carbonyl (C=O) groups is 2. The Bertz CT molecular complexity index is 524. The normalized spacial score (nSPS) is 24.2. The minimum atomic E-state index is -0.966. The molecule has 1 aromatic rings. The quantitative estimate of drug-likeness (QED) is 0.817. The maximum atomic E-state index is 12.0. The van der Waals surface area contributed by atoms with Crippen LogP contribution >= 0.6 is 11.3 Å². The zero-order valence-corrected chi connectivity index (χ0v) is 13.1. The largest absolute Gasteiger partial charge is 0.480 e. The van der Waals surface area contributed by atoms with Crippen LogP contribution in [-0.4, -0.2) is 40.3 Å². The zero-order valence-electron chi connectivity index (χ0n) is 12.3. The number of rotatable bonds is 4. The zero-order chi connectivity index (χ0) is 15.8. The third kappa shape index (κ3) is 3.42. The van der Waals surface area contributed by atoms with Crippen molar-refractivity contribution in [2.75, 3.05) is 6.54 Å². The van der Waals surface area contributed by atoms with Crippen molar-refractivity contribution >= 4 is 23.3 Å². The number of hydrogen-bond acceptors (Lipinski definition) is 6. The van der Waals surface area contributed by atoms with E-state index < -0.39 is 29.7 Å². The molecular weight excluding hydrogens is 292 g/mol. The Morgan fingerprint density at radius 1 is 1.52 bits per heavy atom. The lowest BCUT2D eigenvalue weighted by Gasteiger charge is -2.47. The monoisotopic (exact) mass is 312 g/mol. The molecule has 1 aliphatic rings. The van der Waals surface area contributed by atoms with Gasteiger partial charge in [-0.05, 0) is 43.2 Å². The Morgan fingerprint density at radius 2 is 2.19 bits per heavy atom. The summed E-state index contributed by atoms with van der Waals surface area (Å²) in [5, 5.41) is 13.0. The van der Waals surface area contributed by atoms with E-state index in [1.54, 1.807) is 37.1 Å². The van der Waals surface area contributed by atoms with Crippen LogP contribution in [0.2, 0.25) is 0 Å². The Hall–Kier alpha value is -1.44. The fourth-order valence-electron chi connectivity index (χ4n) is 2.33. The van der Waals surface area contributed by atoms with E-state index in [9.17, 15) is 14.7 Å². The van der Waals surface area contributed by atoms with Crippen LogP contribution in [0, 0.1) is 5.92 Å². The maximum Gasteiger partial charge on any atom is 0.325 e. The van der Waals surface area contributed by atoms with Gasteiger partial charge >= 0.3 is 11.9 Å². The molecule has 3 unspecified atom stereocenters. The number of nitrogens with two attached hydrogens (primary N) is 1. The number of ether oxygens (including phenoxy) is 1. The second kappa shape index (κ2) is 5.75. The Balaban J connectivity index is 2.05. The van der Waals surface area contributed by atoms with Gasteiger partial charge in [0.25, 0.3) is 0 Å². The van der Waals surface area contributed by atoms with Gasteiger partial charge in [0.05, 0.1) is 12.1 Å². The summed E-state index contributed by atoms with van der Waals surface area (Å²) in [6, 6.07) is 0.946. The molecule has 0 radical (unpaired) electrons. The SMILES string of the molecule is CC(C)(C)OC(=O)C1CN(C(C(=O)O)c2ccsc2)C1N. The molecule has 116 valence electrons. The minimum Gasteiger partial charge on any atom is -0.480 e. The van der Waals surface area contributed by atoms with Gasteiger partial charge < -0.3 is 15.6 Å². The van der Waals surface area contributed by atoms with Gasteiger partial charge in [0.2, 0.25) is 0 Å². The van der Waals surface area contributed by atoms with Crippen molar-refractivity contribution in [3.8, 4) is 0 Å². The lowest BCUT2D eigenvalue weighted by Crippen LogP contribution is -2.66. The summed E-state index contributed by atoms with van der Waals surface area (Å²) < 4.78 is 5.30. The first-order valence-electron chi connectivity index (χ1n) is 6.70. The predicted molar refractivity (Wildman–Crippen MR) is 78.7 cm³/mol. The van der Waals surface area contributed by atoms with E-state index in [-0.39, 0.29) is 5.97 Å². The number of carboxylic acid groups (broad SMARTS) is 1. The first-order valence-corrected chi connectivity index (χ1v) is 7.64. The van der Waals surface area contributed by atoms with Crippen LogP contribution in [0.25, 0.3) is 0 Å². The predicted octanol–water partition coefficient (Wildman–Crippen LogP) is 1.43. The summed E-state index contributed by atoms with van der Waals surface area (Å²) in [5.41, 5.74) is 6.11. The fourth-order valence-corrected chi connectivity index (χ4v) is 3.00. The molecule has 1 aliphatic heterocycles. The Morgan fingerprint density at radius 3 is 2.62 bits per heavy atom. The molecule has 7 heteroatoms. The number of aliphatic carboxylic acids is 1. The van der Waals surface area contributed by atoms with Gasteiger partial charge in [0.15, 0.2) is 0 Å². The molecular formula is C14H20N2O4S. The summed E-state index contributed by atoms with van der Waals surface area (Å²) in [6.07, 6.45) is -0.638. The number of likely N-dealkylation sites (tertiary alicyclic amines) is 1. The summed E-state index contributed by atoms with van der Waals surface area (Å²) in [4.78, 5) is 25.1. The molecule has 2 heterocycles. The van der Waals surface area contributed by atoms with Crippen LogP contribution in [-0.2, 0) is 14.3 Å². The molecule has 3 atom stereocenters. The van der Waals surface area contributed by atoms with E-state index in [4.69, 9.17) is 10.5 Å². The highest BCUT2D eigenvalue weighted by Crippen LogP contribution is 2.34. The number of esters is 1. The van der Waals surface area contributed by atoms with Gasteiger partial charge in [0, 0.05) is 6.54 Å². The van der Waals surface area contributed by atoms with E-state index in [1.165, 1.54) is 11.3 Å². The average Bonchev–Trinajstić information content (AvgIpc) is 2.83. The first-order chi connectivity index (χ1) is 9.70. The van der Waals surface area contributed by atoms with Gasteiger partial charge in [-0.3, -0.25) is 14.5 Å². The molecule has 0 bridgehead atoms. The molecule has 1 saturated heterocycles. The molecule has 0 saturated carbocycles. The molecule has 21 heavy (non-hydrogen) atoms. The van der Waals surface area contributed by atoms with Crippen molar-refractivity contribution in [1.82, 2.24) is 4.90 Å². The average molecular weight is 312 g/mol. The maximum absolute atomic E-state index is 12.0. The van der Waals surface area contributed by atoms with Crippen molar-refractivity contribution in [2.24, 2.45) is 11.7 Å². The summed E-state index contributed by atoms with van der Waals surface area (Å²) in [5.74, 6) is -1.82. The second-order valence-electron chi connectivity index (χ2n) is 6.12. The molecule has 0 aromatic carbocycles. The topological polar surface area (TPSA) is 92.9 Å². The number of hydrogen-bond donors (Lipinski definition) is 2. The summed E-state index contributed by atoms with van der Waals surface area (Å²) >= 11 is 1.43. The van der Waals surface area contributed by atoms with E-state index >= 15 is 0 Å². The van der Waals surface area contributed by atoms with Gasteiger partial charge in [-0.1, -0.05) is 0 Å². The molecule has 3 N–H and O–H groups in total. The number of nitrogens with zero attached hydrogens (tertiary/aromatic N) is 1. The highest BCUT2D eigenvalue weighted by molar-refractivity contribution is 7.08. The molecule has 6 nitrogen and oxygen atoms in total. The molecule has 0 amide bonds. The Labute approximate surface area is 127 Å². The van der Waals surface area contributed by atoms with E-state index in [2.05, 4.69) is 0 Å². The van der Waals surface area contributed by atoms with E-state index in [0.29, 0.717) is 12.1 Å². The van der Waals surface area contributed by atoms with Crippen LogP contribution in [0.5, 0.6) is 0 Å². The van der Waals surface area contributed by atoms with Crippen molar-refractivity contribution < 1.29 is 19.4 Å². The van der Waals surface area contributed by atoms with Crippen molar-refractivity contribution in [2.45, 2.75) is 38.6 Å². The van der Waals surface area contributed by atoms with Crippen molar-refractivity contribution in [1.29, 1.82) is 0 Å². The fraction of sp³-hybridized carbons (Fsp3) is 0.571. The Kier molecular flexibility index (Phi) is 4.36. The van der Waals surface area contributed by atoms with Crippen LogP contribution in [0.4, 0.5) is 0 Å². The highest BCUT2D eigenvalue weighted by atomic mass is 32.1.